The zero-order chi connectivity index (χ0) is 14.9. The molecule has 3 N–H and O–H groups in total. The van der Waals surface area contributed by atoms with Gasteiger partial charge in [0.2, 0.25) is 11.9 Å². The Kier molecular flexibility index (Phi) is 3.41. The van der Waals surface area contributed by atoms with Crippen LogP contribution in [0.4, 0.5) is 11.9 Å². The standard InChI is InChI=1S/C10H14N8O2S/c11-8-15-9(13-4-7-2-1-3-21(7,19)20)17-10(16-8)18-6-12-5-14-18/h5-7H,1-4H2,(H3,11,13,15,16,17). The molecule has 1 unspecified atom stereocenters. The van der Waals surface area contributed by atoms with Gasteiger partial charge in [-0.1, -0.05) is 0 Å². The molecule has 0 radical (unpaired) electrons. The highest BCUT2D eigenvalue weighted by Crippen LogP contribution is 2.20. The fraction of sp³-hybridized carbons (Fsp3) is 0.500. The second-order valence-corrected chi connectivity index (χ2v) is 7.07. The lowest BCUT2D eigenvalue weighted by Crippen LogP contribution is -2.26. The summed E-state index contributed by atoms with van der Waals surface area (Å²) in [6.45, 7) is 0.253. The maximum atomic E-state index is 11.8. The van der Waals surface area contributed by atoms with Crippen LogP contribution in [0.1, 0.15) is 12.8 Å². The van der Waals surface area contributed by atoms with E-state index >= 15 is 0 Å². The third kappa shape index (κ3) is 2.91. The minimum Gasteiger partial charge on any atom is -0.368 e. The van der Waals surface area contributed by atoms with Gasteiger partial charge in [0.1, 0.15) is 12.7 Å². The Hall–Kier alpha value is -2.30. The van der Waals surface area contributed by atoms with Crippen molar-refractivity contribution in [2.45, 2.75) is 18.1 Å². The van der Waals surface area contributed by atoms with Crippen LogP contribution in [-0.4, -0.2) is 55.7 Å². The third-order valence-corrected chi connectivity index (χ3v) is 5.49. The van der Waals surface area contributed by atoms with Crippen molar-refractivity contribution < 1.29 is 8.42 Å². The normalized spacial score (nSPS) is 20.5. The molecule has 10 nitrogen and oxygen atoms in total. The van der Waals surface area contributed by atoms with Crippen molar-refractivity contribution in [1.29, 1.82) is 0 Å². The molecule has 0 spiro atoms. The minimum atomic E-state index is -3.01. The third-order valence-electron chi connectivity index (χ3n) is 3.22. The van der Waals surface area contributed by atoms with Crippen LogP contribution >= 0.6 is 0 Å². The maximum Gasteiger partial charge on any atom is 0.258 e. The van der Waals surface area contributed by atoms with Gasteiger partial charge in [-0.3, -0.25) is 0 Å². The van der Waals surface area contributed by atoms with E-state index in [-0.39, 0.29) is 30.1 Å². The van der Waals surface area contributed by atoms with Crippen LogP contribution in [0.5, 0.6) is 0 Å². The van der Waals surface area contributed by atoms with Gasteiger partial charge in [0.15, 0.2) is 9.84 Å². The average molecular weight is 310 g/mol. The first-order valence-corrected chi connectivity index (χ1v) is 8.08. The zero-order valence-corrected chi connectivity index (χ0v) is 11.9. The lowest BCUT2D eigenvalue weighted by Gasteiger charge is -2.11. The van der Waals surface area contributed by atoms with E-state index in [1.807, 2.05) is 0 Å². The van der Waals surface area contributed by atoms with Crippen molar-refractivity contribution in [1.82, 2.24) is 29.7 Å². The molecule has 1 saturated heterocycles. The quantitative estimate of drug-likeness (QED) is 0.728. The Morgan fingerprint density at radius 3 is 2.90 bits per heavy atom. The van der Waals surface area contributed by atoms with E-state index in [9.17, 15) is 8.42 Å². The Labute approximate surface area is 120 Å². The molecule has 0 saturated carbocycles. The Bertz CT molecular complexity index is 730. The van der Waals surface area contributed by atoms with Crippen LogP contribution in [-0.2, 0) is 9.84 Å². The number of aromatic nitrogens is 6. The van der Waals surface area contributed by atoms with E-state index in [0.29, 0.717) is 12.8 Å². The Balaban J connectivity index is 1.77. The molecule has 2 aromatic heterocycles. The molecule has 0 amide bonds. The lowest BCUT2D eigenvalue weighted by atomic mass is 10.2. The summed E-state index contributed by atoms with van der Waals surface area (Å²) in [6, 6.07) is 0. The number of nitrogens with two attached hydrogens (primary N) is 1. The summed E-state index contributed by atoms with van der Waals surface area (Å²) in [6.07, 6.45) is 4.11. The predicted molar refractivity (Wildman–Crippen MR) is 74.5 cm³/mol. The van der Waals surface area contributed by atoms with Gasteiger partial charge in [-0.25, -0.2) is 13.4 Å². The van der Waals surface area contributed by atoms with Gasteiger partial charge in [0.05, 0.1) is 11.0 Å². The summed E-state index contributed by atoms with van der Waals surface area (Å²) < 4.78 is 24.9. The van der Waals surface area contributed by atoms with Crippen LogP contribution in [0.3, 0.4) is 0 Å². The van der Waals surface area contributed by atoms with Crippen molar-refractivity contribution >= 4 is 21.7 Å². The van der Waals surface area contributed by atoms with E-state index in [4.69, 9.17) is 5.73 Å². The van der Waals surface area contributed by atoms with Crippen molar-refractivity contribution in [3.63, 3.8) is 0 Å². The molecule has 1 aliphatic rings. The molecule has 1 atom stereocenters. The van der Waals surface area contributed by atoms with Gasteiger partial charge in [0, 0.05) is 6.54 Å². The number of anilines is 2. The predicted octanol–water partition coefficient (Wildman–Crippen LogP) is -0.976. The molecule has 0 aromatic carbocycles. The Morgan fingerprint density at radius 2 is 2.24 bits per heavy atom. The highest BCUT2D eigenvalue weighted by molar-refractivity contribution is 7.92. The molecule has 11 heteroatoms. The van der Waals surface area contributed by atoms with Crippen LogP contribution in [0.2, 0.25) is 0 Å². The van der Waals surface area contributed by atoms with Gasteiger partial charge in [-0.2, -0.15) is 24.7 Å². The second kappa shape index (κ2) is 5.24. The van der Waals surface area contributed by atoms with E-state index in [0.717, 1.165) is 0 Å². The summed E-state index contributed by atoms with van der Waals surface area (Å²) in [4.78, 5) is 15.8. The molecule has 1 fully saturated rings. The highest BCUT2D eigenvalue weighted by Gasteiger charge is 2.31. The topological polar surface area (TPSA) is 142 Å². The SMILES string of the molecule is Nc1nc(NCC2CCCS2(=O)=O)nc(-n2cncn2)n1. The first kappa shape index (κ1) is 13.7. The van der Waals surface area contributed by atoms with Crippen molar-refractivity contribution in [3.05, 3.63) is 12.7 Å². The van der Waals surface area contributed by atoms with Crippen molar-refractivity contribution in [2.75, 3.05) is 23.3 Å². The average Bonchev–Trinajstić information content (AvgIpc) is 3.05. The summed E-state index contributed by atoms with van der Waals surface area (Å²) >= 11 is 0. The summed E-state index contributed by atoms with van der Waals surface area (Å²) in [5, 5.41) is 6.39. The van der Waals surface area contributed by atoms with Gasteiger partial charge in [-0.15, -0.1) is 0 Å². The second-order valence-electron chi connectivity index (χ2n) is 4.67. The molecule has 0 bridgehead atoms. The molecular formula is C10H14N8O2S. The zero-order valence-electron chi connectivity index (χ0n) is 11.0. The fourth-order valence-electron chi connectivity index (χ4n) is 2.17. The lowest BCUT2D eigenvalue weighted by molar-refractivity contribution is 0.591. The number of hydrogen-bond acceptors (Lipinski definition) is 9. The first-order chi connectivity index (χ1) is 10.0. The van der Waals surface area contributed by atoms with Gasteiger partial charge in [-0.05, 0) is 12.8 Å². The smallest absolute Gasteiger partial charge is 0.258 e. The molecule has 2 aromatic rings. The molecule has 3 heterocycles. The van der Waals surface area contributed by atoms with E-state index in [2.05, 4.69) is 30.4 Å². The van der Waals surface area contributed by atoms with Crippen LogP contribution < -0.4 is 11.1 Å². The highest BCUT2D eigenvalue weighted by atomic mass is 32.2. The van der Waals surface area contributed by atoms with Crippen LogP contribution in [0, 0.1) is 0 Å². The number of nitrogens with zero attached hydrogens (tertiary/aromatic N) is 6. The minimum absolute atomic E-state index is 0.0206. The summed E-state index contributed by atoms with van der Waals surface area (Å²) in [7, 11) is -3.01. The molecule has 3 rings (SSSR count). The number of nitrogen functional groups attached to an aromatic ring is 1. The summed E-state index contributed by atoms with van der Waals surface area (Å²) in [5.41, 5.74) is 5.62. The van der Waals surface area contributed by atoms with Crippen LogP contribution in [0.25, 0.3) is 5.95 Å². The van der Waals surface area contributed by atoms with E-state index < -0.39 is 15.1 Å². The monoisotopic (exact) mass is 310 g/mol. The van der Waals surface area contributed by atoms with Crippen molar-refractivity contribution in [3.8, 4) is 5.95 Å². The number of rotatable bonds is 4. The number of sulfone groups is 1. The summed E-state index contributed by atoms with van der Waals surface area (Å²) in [5.74, 6) is 0.697. The molecular weight excluding hydrogens is 296 g/mol. The maximum absolute atomic E-state index is 11.8. The molecule has 0 aliphatic carbocycles. The van der Waals surface area contributed by atoms with Gasteiger partial charge in [0.25, 0.3) is 5.95 Å². The number of nitrogens with one attached hydrogen (secondary N) is 1. The fourth-order valence-corrected chi connectivity index (χ4v) is 3.93. The molecule has 1 aliphatic heterocycles. The largest absolute Gasteiger partial charge is 0.368 e. The molecule has 112 valence electrons. The van der Waals surface area contributed by atoms with Crippen LogP contribution in [0.15, 0.2) is 12.7 Å². The van der Waals surface area contributed by atoms with Gasteiger partial charge >= 0.3 is 0 Å². The van der Waals surface area contributed by atoms with Crippen molar-refractivity contribution in [2.24, 2.45) is 0 Å². The molecule has 21 heavy (non-hydrogen) atoms. The number of hydrogen-bond donors (Lipinski definition) is 2. The van der Waals surface area contributed by atoms with E-state index in [1.165, 1.54) is 17.3 Å². The first-order valence-electron chi connectivity index (χ1n) is 6.36. The van der Waals surface area contributed by atoms with E-state index in [1.54, 1.807) is 0 Å². The Morgan fingerprint density at radius 1 is 1.38 bits per heavy atom. The van der Waals surface area contributed by atoms with Gasteiger partial charge < -0.3 is 11.1 Å².